The number of phenolic OH excluding ortho intramolecular Hbond substituents is 1. The van der Waals surface area contributed by atoms with Crippen molar-refractivity contribution < 1.29 is 9.84 Å². The van der Waals surface area contributed by atoms with Gasteiger partial charge >= 0.3 is 0 Å². The number of ether oxygens (including phenoxy) is 1. The normalized spacial score (nSPS) is 18.9. The number of aromatic hydroxyl groups is 1. The molecule has 0 saturated carbocycles. The lowest BCUT2D eigenvalue weighted by Crippen LogP contribution is -2.39. The lowest BCUT2D eigenvalue weighted by Gasteiger charge is -2.33. The Bertz CT molecular complexity index is 1000. The van der Waals surface area contributed by atoms with Crippen LogP contribution in [0.15, 0.2) is 83.3 Å². The molecule has 0 amide bonds. The van der Waals surface area contributed by atoms with Gasteiger partial charge in [-0.05, 0) is 42.0 Å². The van der Waals surface area contributed by atoms with E-state index in [0.29, 0.717) is 0 Å². The number of methoxy groups -OCH3 is 1. The van der Waals surface area contributed by atoms with Crippen molar-refractivity contribution in [2.24, 2.45) is 0 Å². The van der Waals surface area contributed by atoms with Crippen molar-refractivity contribution >= 4 is 21.6 Å². The summed E-state index contributed by atoms with van der Waals surface area (Å²) in [6.45, 7) is 0. The molecule has 0 aromatic heterocycles. The first-order valence-electron chi connectivity index (χ1n) is 9.06. The zero-order valence-electron chi connectivity index (χ0n) is 15.4. The van der Waals surface area contributed by atoms with Crippen LogP contribution < -0.4 is 15.4 Å². The summed E-state index contributed by atoms with van der Waals surface area (Å²) in [6, 6.07) is 23.4. The minimum Gasteiger partial charge on any atom is -0.508 e. The highest BCUT2D eigenvalue weighted by molar-refractivity contribution is 9.10. The minimum atomic E-state index is -0.141. The van der Waals surface area contributed by atoms with Crippen molar-refractivity contribution in [3.05, 3.63) is 100 Å². The van der Waals surface area contributed by atoms with E-state index < -0.39 is 0 Å². The molecule has 3 N–H and O–H groups in total. The highest BCUT2D eigenvalue weighted by Gasteiger charge is 2.25. The average Bonchev–Trinajstić information content (AvgIpc) is 2.74. The molecule has 5 heteroatoms. The third-order valence-electron chi connectivity index (χ3n) is 4.84. The Morgan fingerprint density at radius 3 is 2.50 bits per heavy atom. The zero-order chi connectivity index (χ0) is 19.5. The predicted molar refractivity (Wildman–Crippen MR) is 115 cm³/mol. The zero-order valence-corrected chi connectivity index (χ0v) is 17.0. The van der Waals surface area contributed by atoms with Crippen LogP contribution in [-0.4, -0.2) is 12.2 Å². The number of nitrogens with one attached hydrogen (secondary N) is 2. The average molecular weight is 437 g/mol. The summed E-state index contributed by atoms with van der Waals surface area (Å²) in [5, 5.41) is 17.5. The Balaban J connectivity index is 1.76. The van der Waals surface area contributed by atoms with Crippen LogP contribution in [0, 0.1) is 0 Å². The monoisotopic (exact) mass is 436 g/mol. The SMILES string of the molecule is COc1cccc(C2=CC(c3ccccc3O)NC(c3ccc(Br)cc3)N2)c1. The van der Waals surface area contributed by atoms with Gasteiger partial charge in [0.15, 0.2) is 0 Å². The van der Waals surface area contributed by atoms with Gasteiger partial charge in [0.25, 0.3) is 0 Å². The Morgan fingerprint density at radius 2 is 1.75 bits per heavy atom. The lowest BCUT2D eigenvalue weighted by atomic mass is 9.98. The second-order valence-electron chi connectivity index (χ2n) is 6.64. The van der Waals surface area contributed by atoms with Crippen LogP contribution in [0.5, 0.6) is 11.5 Å². The van der Waals surface area contributed by atoms with Crippen LogP contribution in [0.1, 0.15) is 28.9 Å². The van der Waals surface area contributed by atoms with E-state index in [9.17, 15) is 5.11 Å². The minimum absolute atomic E-state index is 0.107. The standard InChI is InChI=1S/C23H21BrN2O2/c1-28-18-6-4-5-16(13-18)20-14-21(19-7-2-3-8-22(19)27)26-23(25-20)15-9-11-17(24)12-10-15/h2-14,21,23,25-27H,1H3. The van der Waals surface area contributed by atoms with Crippen LogP contribution in [0.2, 0.25) is 0 Å². The summed E-state index contributed by atoms with van der Waals surface area (Å²) in [7, 11) is 1.67. The molecule has 0 saturated heterocycles. The fraction of sp³-hybridized carbons (Fsp3) is 0.130. The molecule has 0 spiro atoms. The number of phenols is 1. The third kappa shape index (κ3) is 3.91. The molecule has 2 atom stereocenters. The number of para-hydroxylation sites is 1. The van der Waals surface area contributed by atoms with Crippen LogP contribution >= 0.6 is 15.9 Å². The smallest absolute Gasteiger partial charge is 0.120 e. The maximum Gasteiger partial charge on any atom is 0.120 e. The van der Waals surface area contributed by atoms with Crippen LogP contribution in [0.3, 0.4) is 0 Å². The molecule has 0 radical (unpaired) electrons. The summed E-state index contributed by atoms with van der Waals surface area (Å²) >= 11 is 3.49. The van der Waals surface area contributed by atoms with Gasteiger partial charge in [0, 0.05) is 21.3 Å². The molecule has 0 bridgehead atoms. The maximum atomic E-state index is 10.4. The third-order valence-corrected chi connectivity index (χ3v) is 5.36. The van der Waals surface area contributed by atoms with E-state index in [0.717, 1.165) is 32.6 Å². The van der Waals surface area contributed by atoms with Crippen LogP contribution in [0.25, 0.3) is 5.70 Å². The van der Waals surface area contributed by atoms with E-state index >= 15 is 0 Å². The molecule has 1 aliphatic heterocycles. The maximum absolute atomic E-state index is 10.4. The van der Waals surface area contributed by atoms with Crippen molar-refractivity contribution in [3.63, 3.8) is 0 Å². The van der Waals surface area contributed by atoms with Gasteiger partial charge in [-0.3, -0.25) is 5.32 Å². The molecule has 4 rings (SSSR count). The van der Waals surface area contributed by atoms with Gasteiger partial charge in [0.2, 0.25) is 0 Å². The molecular formula is C23H21BrN2O2. The van der Waals surface area contributed by atoms with Gasteiger partial charge in [-0.1, -0.05) is 58.4 Å². The molecule has 142 valence electrons. The fourth-order valence-electron chi connectivity index (χ4n) is 3.37. The van der Waals surface area contributed by atoms with Gasteiger partial charge in [-0.15, -0.1) is 0 Å². The van der Waals surface area contributed by atoms with Crippen molar-refractivity contribution in [1.29, 1.82) is 0 Å². The molecule has 1 aliphatic rings. The van der Waals surface area contributed by atoms with E-state index in [1.807, 2.05) is 54.6 Å². The first-order chi connectivity index (χ1) is 13.6. The van der Waals surface area contributed by atoms with Crippen molar-refractivity contribution in [3.8, 4) is 11.5 Å². The number of hydrogen-bond acceptors (Lipinski definition) is 4. The van der Waals surface area contributed by atoms with E-state index in [2.05, 4.69) is 44.8 Å². The van der Waals surface area contributed by atoms with E-state index in [4.69, 9.17) is 4.74 Å². The highest BCUT2D eigenvalue weighted by atomic mass is 79.9. The molecule has 28 heavy (non-hydrogen) atoms. The van der Waals surface area contributed by atoms with Gasteiger partial charge in [-0.2, -0.15) is 0 Å². The molecule has 4 nitrogen and oxygen atoms in total. The van der Waals surface area contributed by atoms with Crippen molar-refractivity contribution in [2.45, 2.75) is 12.2 Å². The molecule has 0 fully saturated rings. The van der Waals surface area contributed by atoms with Crippen molar-refractivity contribution in [1.82, 2.24) is 10.6 Å². The number of hydrogen-bond donors (Lipinski definition) is 3. The molecular weight excluding hydrogens is 416 g/mol. The number of rotatable bonds is 4. The van der Waals surface area contributed by atoms with Gasteiger partial charge in [0.1, 0.15) is 17.7 Å². The Morgan fingerprint density at radius 1 is 0.964 bits per heavy atom. The van der Waals surface area contributed by atoms with Crippen molar-refractivity contribution in [2.75, 3.05) is 7.11 Å². The first kappa shape index (κ1) is 18.6. The highest BCUT2D eigenvalue weighted by Crippen LogP contribution is 2.33. The van der Waals surface area contributed by atoms with Crippen LogP contribution in [-0.2, 0) is 0 Å². The molecule has 1 heterocycles. The van der Waals surface area contributed by atoms with Gasteiger partial charge < -0.3 is 15.2 Å². The largest absolute Gasteiger partial charge is 0.508 e. The second-order valence-corrected chi connectivity index (χ2v) is 7.56. The Labute approximate surface area is 173 Å². The second kappa shape index (κ2) is 8.09. The number of benzene rings is 3. The summed E-state index contributed by atoms with van der Waals surface area (Å²) in [5.74, 6) is 1.08. The lowest BCUT2D eigenvalue weighted by molar-refractivity contribution is 0.413. The summed E-state index contributed by atoms with van der Waals surface area (Å²) in [4.78, 5) is 0. The molecule has 2 unspecified atom stereocenters. The predicted octanol–water partition coefficient (Wildman–Crippen LogP) is 5.14. The fourth-order valence-corrected chi connectivity index (χ4v) is 3.64. The van der Waals surface area contributed by atoms with E-state index in [1.165, 1.54) is 0 Å². The summed E-state index contributed by atoms with van der Waals surface area (Å²) < 4.78 is 6.42. The summed E-state index contributed by atoms with van der Waals surface area (Å²) in [6.07, 6.45) is 1.99. The summed E-state index contributed by atoms with van der Waals surface area (Å²) in [5.41, 5.74) is 3.96. The molecule has 3 aromatic carbocycles. The quantitative estimate of drug-likeness (QED) is 0.529. The molecule has 3 aromatic rings. The van der Waals surface area contributed by atoms with Gasteiger partial charge in [0.05, 0.1) is 13.2 Å². The van der Waals surface area contributed by atoms with E-state index in [1.54, 1.807) is 13.2 Å². The first-order valence-corrected chi connectivity index (χ1v) is 9.85. The molecule has 0 aliphatic carbocycles. The van der Waals surface area contributed by atoms with Gasteiger partial charge in [-0.25, -0.2) is 0 Å². The Kier molecular flexibility index (Phi) is 5.37. The van der Waals surface area contributed by atoms with E-state index in [-0.39, 0.29) is 18.0 Å². The van der Waals surface area contributed by atoms with Crippen LogP contribution in [0.4, 0.5) is 0 Å². The topological polar surface area (TPSA) is 53.5 Å². The number of halogens is 1. The Hall–Kier alpha value is -2.76.